The van der Waals surface area contributed by atoms with Gasteiger partial charge in [0.15, 0.2) is 5.03 Å². The van der Waals surface area contributed by atoms with Crippen LogP contribution in [-0.4, -0.2) is 49.7 Å². The maximum absolute atomic E-state index is 12.1. The summed E-state index contributed by atoms with van der Waals surface area (Å²) in [5, 5.41) is 7.06. The van der Waals surface area contributed by atoms with Crippen LogP contribution in [0.4, 0.5) is 0 Å². The Morgan fingerprint density at radius 1 is 1.56 bits per heavy atom. The van der Waals surface area contributed by atoms with Crippen molar-refractivity contribution in [1.29, 1.82) is 0 Å². The molecule has 0 bridgehead atoms. The van der Waals surface area contributed by atoms with E-state index in [-0.39, 0.29) is 5.03 Å². The van der Waals surface area contributed by atoms with Gasteiger partial charge in [0.25, 0.3) is 10.0 Å². The Labute approximate surface area is 96.3 Å². The number of rotatable bonds is 6. The minimum atomic E-state index is -3.40. The quantitative estimate of drug-likeness (QED) is 0.697. The molecule has 0 radical (unpaired) electrons. The van der Waals surface area contributed by atoms with Gasteiger partial charge in [0, 0.05) is 20.6 Å². The Morgan fingerprint density at radius 2 is 2.25 bits per heavy atom. The van der Waals surface area contributed by atoms with Crippen LogP contribution in [0, 0.1) is 0 Å². The van der Waals surface area contributed by atoms with Gasteiger partial charge in [0.1, 0.15) is 0 Å². The fraction of sp³-hybridized carbons (Fsp3) is 0.667. The molecule has 1 aromatic rings. The van der Waals surface area contributed by atoms with Crippen LogP contribution in [-0.2, 0) is 17.1 Å². The van der Waals surface area contributed by atoms with Gasteiger partial charge in [0.2, 0.25) is 0 Å². The Morgan fingerprint density at radius 3 is 2.75 bits per heavy atom. The maximum Gasteiger partial charge on any atom is 0.259 e. The van der Waals surface area contributed by atoms with Crippen LogP contribution < -0.4 is 5.32 Å². The van der Waals surface area contributed by atoms with Crippen molar-refractivity contribution in [3.63, 3.8) is 0 Å². The maximum atomic E-state index is 12.1. The van der Waals surface area contributed by atoms with Gasteiger partial charge in [-0.3, -0.25) is 4.68 Å². The molecule has 1 heterocycles. The van der Waals surface area contributed by atoms with Crippen molar-refractivity contribution in [3.05, 3.63) is 12.3 Å². The van der Waals surface area contributed by atoms with Gasteiger partial charge in [-0.2, -0.15) is 9.40 Å². The third-order valence-electron chi connectivity index (χ3n) is 2.35. The highest BCUT2D eigenvalue weighted by molar-refractivity contribution is 7.89. The molecule has 0 spiro atoms. The second-order valence-electron chi connectivity index (χ2n) is 3.58. The van der Waals surface area contributed by atoms with Crippen molar-refractivity contribution in [2.45, 2.75) is 11.4 Å². The highest BCUT2D eigenvalue weighted by Crippen LogP contribution is 2.12. The second kappa shape index (κ2) is 5.42. The van der Waals surface area contributed by atoms with Crippen LogP contribution in [0.25, 0.3) is 0 Å². The lowest BCUT2D eigenvalue weighted by Gasteiger charge is -2.16. The van der Waals surface area contributed by atoms with Gasteiger partial charge in [0.05, 0.1) is 6.20 Å². The standard InChI is InChI=1S/C9H18N4O2S/c1-10-6-4-8-12(2)16(14,15)9-5-7-11-13(9)3/h5,7,10H,4,6,8H2,1-3H3. The lowest BCUT2D eigenvalue weighted by molar-refractivity contribution is 0.450. The summed E-state index contributed by atoms with van der Waals surface area (Å²) in [6.07, 6.45) is 2.26. The van der Waals surface area contributed by atoms with Gasteiger partial charge in [-0.15, -0.1) is 0 Å². The average molecular weight is 246 g/mol. The van der Waals surface area contributed by atoms with Crippen LogP contribution in [0.5, 0.6) is 0 Å². The van der Waals surface area contributed by atoms with Crippen molar-refractivity contribution in [2.24, 2.45) is 7.05 Å². The van der Waals surface area contributed by atoms with Gasteiger partial charge in [-0.05, 0) is 26.1 Å². The molecule has 0 atom stereocenters. The average Bonchev–Trinajstić information content (AvgIpc) is 2.65. The van der Waals surface area contributed by atoms with E-state index in [0.717, 1.165) is 13.0 Å². The van der Waals surface area contributed by atoms with Crippen LogP contribution in [0.1, 0.15) is 6.42 Å². The predicted octanol–water partition coefficient (Wildman–Crippen LogP) is -0.350. The lowest BCUT2D eigenvalue weighted by atomic mass is 10.4. The van der Waals surface area contributed by atoms with Gasteiger partial charge in [-0.25, -0.2) is 8.42 Å². The van der Waals surface area contributed by atoms with Crippen molar-refractivity contribution in [2.75, 3.05) is 27.2 Å². The summed E-state index contributed by atoms with van der Waals surface area (Å²) in [7, 11) is 1.64. The van der Waals surface area contributed by atoms with Gasteiger partial charge in [-0.1, -0.05) is 0 Å². The zero-order valence-electron chi connectivity index (χ0n) is 9.84. The monoisotopic (exact) mass is 246 g/mol. The van der Waals surface area contributed by atoms with Crippen LogP contribution in [0.3, 0.4) is 0 Å². The minimum absolute atomic E-state index is 0.222. The van der Waals surface area contributed by atoms with E-state index in [1.54, 1.807) is 14.1 Å². The minimum Gasteiger partial charge on any atom is -0.320 e. The van der Waals surface area contributed by atoms with Crippen LogP contribution >= 0.6 is 0 Å². The third-order valence-corrected chi connectivity index (χ3v) is 4.28. The Balaban J connectivity index is 2.75. The molecule has 0 saturated heterocycles. The van der Waals surface area contributed by atoms with Gasteiger partial charge < -0.3 is 5.32 Å². The SMILES string of the molecule is CNCCCN(C)S(=O)(=O)c1ccnn1C. The Bertz CT molecular complexity index is 426. The molecule has 0 saturated carbocycles. The summed E-state index contributed by atoms with van der Waals surface area (Å²) in [6, 6.07) is 1.50. The molecule has 7 heteroatoms. The molecule has 1 aromatic heterocycles. The Hall–Kier alpha value is -0.920. The highest BCUT2D eigenvalue weighted by Gasteiger charge is 2.23. The van der Waals surface area contributed by atoms with Crippen molar-refractivity contribution >= 4 is 10.0 Å². The zero-order valence-corrected chi connectivity index (χ0v) is 10.7. The number of aromatic nitrogens is 2. The fourth-order valence-corrected chi connectivity index (χ4v) is 2.68. The number of nitrogens with zero attached hydrogens (tertiary/aromatic N) is 3. The van der Waals surface area contributed by atoms with E-state index < -0.39 is 10.0 Å². The van der Waals surface area contributed by atoms with E-state index in [4.69, 9.17) is 0 Å². The first-order valence-corrected chi connectivity index (χ1v) is 6.53. The third kappa shape index (κ3) is 2.81. The molecule has 0 aliphatic heterocycles. The number of aryl methyl sites for hydroxylation is 1. The summed E-state index contributed by atoms with van der Waals surface area (Å²) in [5.74, 6) is 0. The normalized spacial score (nSPS) is 12.2. The molecule has 0 fully saturated rings. The molecule has 1 rings (SSSR count). The summed E-state index contributed by atoms with van der Waals surface area (Å²) in [4.78, 5) is 0. The number of hydrogen-bond acceptors (Lipinski definition) is 4. The number of hydrogen-bond donors (Lipinski definition) is 1. The highest BCUT2D eigenvalue weighted by atomic mass is 32.2. The molecule has 16 heavy (non-hydrogen) atoms. The first kappa shape index (κ1) is 13.1. The van der Waals surface area contributed by atoms with E-state index in [9.17, 15) is 8.42 Å². The van der Waals surface area contributed by atoms with E-state index >= 15 is 0 Å². The fourth-order valence-electron chi connectivity index (χ4n) is 1.37. The topological polar surface area (TPSA) is 67.2 Å². The van der Waals surface area contributed by atoms with E-state index in [1.807, 2.05) is 7.05 Å². The molecule has 0 aliphatic rings. The van der Waals surface area contributed by atoms with E-state index in [2.05, 4.69) is 10.4 Å². The Kier molecular flexibility index (Phi) is 4.45. The molecule has 6 nitrogen and oxygen atoms in total. The van der Waals surface area contributed by atoms with Crippen molar-refractivity contribution in [1.82, 2.24) is 19.4 Å². The second-order valence-corrected chi connectivity index (χ2v) is 5.57. The first-order chi connectivity index (χ1) is 7.50. The van der Waals surface area contributed by atoms with Crippen LogP contribution in [0.2, 0.25) is 0 Å². The molecular formula is C9H18N4O2S. The molecule has 0 aliphatic carbocycles. The lowest BCUT2D eigenvalue weighted by Crippen LogP contribution is -2.30. The molecule has 0 unspecified atom stereocenters. The largest absolute Gasteiger partial charge is 0.320 e. The van der Waals surface area contributed by atoms with Gasteiger partial charge >= 0.3 is 0 Å². The van der Waals surface area contributed by atoms with E-state index in [1.165, 1.54) is 21.3 Å². The van der Waals surface area contributed by atoms with Crippen LogP contribution in [0.15, 0.2) is 17.3 Å². The smallest absolute Gasteiger partial charge is 0.259 e. The summed E-state index contributed by atoms with van der Waals surface area (Å²) >= 11 is 0. The number of nitrogens with one attached hydrogen (secondary N) is 1. The summed E-state index contributed by atoms with van der Waals surface area (Å²) in [6.45, 7) is 1.29. The predicted molar refractivity (Wildman–Crippen MR) is 61.6 cm³/mol. The summed E-state index contributed by atoms with van der Waals surface area (Å²) in [5.41, 5.74) is 0. The molecular weight excluding hydrogens is 228 g/mol. The first-order valence-electron chi connectivity index (χ1n) is 5.09. The van der Waals surface area contributed by atoms with E-state index in [0.29, 0.717) is 6.54 Å². The summed E-state index contributed by atoms with van der Waals surface area (Å²) < 4.78 is 26.8. The number of sulfonamides is 1. The molecule has 92 valence electrons. The van der Waals surface area contributed by atoms with Crippen molar-refractivity contribution < 1.29 is 8.42 Å². The molecule has 0 amide bonds. The molecule has 1 N–H and O–H groups in total. The van der Waals surface area contributed by atoms with Crippen molar-refractivity contribution in [3.8, 4) is 0 Å². The molecule has 0 aromatic carbocycles. The zero-order chi connectivity index (χ0) is 12.2.